The summed E-state index contributed by atoms with van der Waals surface area (Å²) in [6.07, 6.45) is 5.68. The standard InChI is InChI=1S/C27H32N2O3S/c30-25(17-28-15-14-19-8-4-5-9-20(19)16-28)24(18-33-21-10-2-1-3-11-21)29-26(31)22-12-6-7-13-23(22)27(29)32/h1-3,6-7,10-13,19-20,24-25,30H,4-5,8-9,14-18H2. The van der Waals surface area contributed by atoms with Crippen molar-refractivity contribution in [3.63, 3.8) is 0 Å². The van der Waals surface area contributed by atoms with E-state index < -0.39 is 12.1 Å². The van der Waals surface area contributed by atoms with Crippen LogP contribution in [0.4, 0.5) is 0 Å². The lowest BCUT2D eigenvalue weighted by Gasteiger charge is -2.43. The van der Waals surface area contributed by atoms with Gasteiger partial charge in [-0.1, -0.05) is 49.6 Å². The lowest BCUT2D eigenvalue weighted by molar-refractivity contribution is 0.0110. The maximum Gasteiger partial charge on any atom is 0.261 e. The van der Waals surface area contributed by atoms with Crippen molar-refractivity contribution in [3.05, 3.63) is 65.7 Å². The van der Waals surface area contributed by atoms with Gasteiger partial charge in [-0.15, -0.1) is 11.8 Å². The first kappa shape index (κ1) is 22.6. The average Bonchev–Trinajstić information content (AvgIpc) is 3.10. The second-order valence-electron chi connectivity index (χ2n) is 9.64. The van der Waals surface area contributed by atoms with Crippen molar-refractivity contribution in [3.8, 4) is 0 Å². The first-order chi connectivity index (χ1) is 16.1. The van der Waals surface area contributed by atoms with Gasteiger partial charge in [0.05, 0.1) is 23.3 Å². The van der Waals surface area contributed by atoms with E-state index in [0.717, 1.165) is 29.8 Å². The van der Waals surface area contributed by atoms with E-state index in [1.165, 1.54) is 37.0 Å². The highest BCUT2D eigenvalue weighted by Crippen LogP contribution is 2.36. The third kappa shape index (κ3) is 4.75. The van der Waals surface area contributed by atoms with Crippen molar-refractivity contribution in [1.29, 1.82) is 0 Å². The minimum Gasteiger partial charge on any atom is -0.390 e. The molecule has 33 heavy (non-hydrogen) atoms. The molecule has 0 bridgehead atoms. The zero-order chi connectivity index (χ0) is 22.8. The number of fused-ring (bicyclic) bond motifs is 2. The summed E-state index contributed by atoms with van der Waals surface area (Å²) in [5.41, 5.74) is 0.875. The van der Waals surface area contributed by atoms with Crippen LogP contribution in [0.5, 0.6) is 0 Å². The lowest BCUT2D eigenvalue weighted by atomic mass is 9.75. The molecule has 4 atom stereocenters. The summed E-state index contributed by atoms with van der Waals surface area (Å²) in [7, 11) is 0. The van der Waals surface area contributed by atoms with E-state index >= 15 is 0 Å². The highest BCUT2D eigenvalue weighted by atomic mass is 32.2. The summed E-state index contributed by atoms with van der Waals surface area (Å²) in [5.74, 6) is 1.43. The van der Waals surface area contributed by atoms with Gasteiger partial charge in [0.2, 0.25) is 0 Å². The number of carbonyl (C=O) groups excluding carboxylic acids is 2. The topological polar surface area (TPSA) is 60.9 Å². The Morgan fingerprint density at radius 1 is 0.879 bits per heavy atom. The van der Waals surface area contributed by atoms with Gasteiger partial charge in [0, 0.05) is 23.7 Å². The number of aliphatic hydroxyl groups excluding tert-OH is 1. The minimum absolute atomic E-state index is 0.292. The Balaban J connectivity index is 1.33. The van der Waals surface area contributed by atoms with E-state index in [1.807, 2.05) is 30.3 Å². The summed E-state index contributed by atoms with van der Waals surface area (Å²) in [6.45, 7) is 2.50. The highest BCUT2D eigenvalue weighted by molar-refractivity contribution is 7.99. The molecular weight excluding hydrogens is 432 g/mol. The minimum atomic E-state index is -0.788. The molecule has 5 rings (SSSR count). The van der Waals surface area contributed by atoms with Gasteiger partial charge < -0.3 is 10.0 Å². The average molecular weight is 465 g/mol. The Labute approximate surface area is 200 Å². The van der Waals surface area contributed by atoms with Gasteiger partial charge in [0.1, 0.15) is 0 Å². The number of amides is 2. The van der Waals surface area contributed by atoms with Crippen molar-refractivity contribution < 1.29 is 14.7 Å². The largest absolute Gasteiger partial charge is 0.390 e. The number of aliphatic hydroxyl groups is 1. The first-order valence-electron chi connectivity index (χ1n) is 12.2. The van der Waals surface area contributed by atoms with Gasteiger partial charge in [-0.25, -0.2) is 0 Å². The molecule has 2 fully saturated rings. The molecule has 2 amide bonds. The Morgan fingerprint density at radius 2 is 1.52 bits per heavy atom. The third-order valence-corrected chi connectivity index (χ3v) is 8.70. The molecule has 1 aliphatic carbocycles. The molecule has 0 spiro atoms. The Morgan fingerprint density at radius 3 is 2.21 bits per heavy atom. The fourth-order valence-corrected chi connectivity index (χ4v) is 6.88. The van der Waals surface area contributed by atoms with Crippen LogP contribution >= 0.6 is 11.8 Å². The maximum atomic E-state index is 13.2. The van der Waals surface area contributed by atoms with Crippen molar-refractivity contribution in [2.45, 2.75) is 49.1 Å². The van der Waals surface area contributed by atoms with Gasteiger partial charge in [-0.3, -0.25) is 14.5 Å². The van der Waals surface area contributed by atoms with Gasteiger partial charge in [0.25, 0.3) is 11.8 Å². The molecule has 1 saturated carbocycles. The fraction of sp³-hybridized carbons (Fsp3) is 0.481. The summed E-state index contributed by atoms with van der Waals surface area (Å²) in [4.78, 5) is 31.2. The molecule has 2 aromatic carbocycles. The monoisotopic (exact) mass is 464 g/mol. The van der Waals surface area contributed by atoms with Crippen molar-refractivity contribution in [2.75, 3.05) is 25.4 Å². The predicted octanol–water partition coefficient (Wildman–Crippen LogP) is 4.32. The Kier molecular flexibility index (Phi) is 6.86. The molecule has 2 aliphatic heterocycles. The molecule has 4 unspecified atom stereocenters. The Hall–Kier alpha value is -2.15. The van der Waals surface area contributed by atoms with Crippen LogP contribution in [-0.2, 0) is 0 Å². The van der Waals surface area contributed by atoms with Gasteiger partial charge >= 0.3 is 0 Å². The second-order valence-corrected chi connectivity index (χ2v) is 10.7. The molecule has 2 aromatic rings. The van der Waals surface area contributed by atoms with Crippen LogP contribution < -0.4 is 0 Å². The van der Waals surface area contributed by atoms with Crippen LogP contribution in [0.15, 0.2) is 59.5 Å². The van der Waals surface area contributed by atoms with Gasteiger partial charge in [0.15, 0.2) is 0 Å². The van der Waals surface area contributed by atoms with Crippen LogP contribution in [0.2, 0.25) is 0 Å². The van der Waals surface area contributed by atoms with Crippen LogP contribution in [-0.4, -0.2) is 64.3 Å². The van der Waals surface area contributed by atoms with Crippen LogP contribution in [0.25, 0.3) is 0 Å². The van der Waals surface area contributed by atoms with E-state index in [9.17, 15) is 14.7 Å². The molecule has 1 saturated heterocycles. The molecule has 6 heteroatoms. The van der Waals surface area contributed by atoms with E-state index in [1.54, 1.807) is 36.0 Å². The van der Waals surface area contributed by atoms with Crippen molar-refractivity contribution >= 4 is 23.6 Å². The number of β-amino-alcohol motifs (C(OH)–C–C–N with tert-alkyl or cyclic N) is 1. The number of thioether (sulfide) groups is 1. The molecule has 5 nitrogen and oxygen atoms in total. The number of likely N-dealkylation sites (tertiary alicyclic amines) is 1. The van der Waals surface area contributed by atoms with E-state index in [4.69, 9.17) is 0 Å². The number of rotatable bonds is 7. The van der Waals surface area contributed by atoms with Crippen molar-refractivity contribution in [2.24, 2.45) is 11.8 Å². The molecular formula is C27H32N2O3S. The SMILES string of the molecule is O=C1c2ccccc2C(=O)N1C(CSc1ccccc1)C(O)CN1CCC2CCCCC2C1. The molecule has 1 N–H and O–H groups in total. The molecule has 0 radical (unpaired) electrons. The normalized spacial score (nSPS) is 24.9. The van der Waals surface area contributed by atoms with Crippen LogP contribution in [0.3, 0.4) is 0 Å². The molecule has 0 aromatic heterocycles. The van der Waals surface area contributed by atoms with Crippen LogP contribution in [0, 0.1) is 11.8 Å². The van der Waals surface area contributed by atoms with Crippen LogP contribution in [0.1, 0.15) is 52.8 Å². The number of nitrogens with zero attached hydrogens (tertiary/aromatic N) is 2. The zero-order valence-corrected chi connectivity index (χ0v) is 19.8. The smallest absolute Gasteiger partial charge is 0.261 e. The van der Waals surface area contributed by atoms with E-state index in [-0.39, 0.29) is 11.8 Å². The molecule has 2 heterocycles. The number of hydrogen-bond donors (Lipinski definition) is 1. The molecule has 3 aliphatic rings. The fourth-order valence-electron chi connectivity index (χ4n) is 5.79. The highest BCUT2D eigenvalue weighted by Gasteiger charge is 2.43. The summed E-state index contributed by atoms with van der Waals surface area (Å²) < 4.78 is 0. The maximum absolute atomic E-state index is 13.2. The number of benzene rings is 2. The van der Waals surface area contributed by atoms with E-state index in [0.29, 0.717) is 23.4 Å². The summed E-state index contributed by atoms with van der Waals surface area (Å²) in [5, 5.41) is 11.4. The summed E-state index contributed by atoms with van der Waals surface area (Å²) in [6, 6.07) is 16.4. The second kappa shape index (κ2) is 10.00. The number of hydrogen-bond acceptors (Lipinski definition) is 5. The lowest BCUT2D eigenvalue weighted by Crippen LogP contribution is -2.54. The predicted molar refractivity (Wildman–Crippen MR) is 130 cm³/mol. The number of imide groups is 1. The molecule has 174 valence electrons. The first-order valence-corrected chi connectivity index (χ1v) is 13.2. The Bertz CT molecular complexity index is 963. The van der Waals surface area contributed by atoms with E-state index in [2.05, 4.69) is 4.90 Å². The summed E-state index contributed by atoms with van der Waals surface area (Å²) >= 11 is 1.58. The number of carbonyl (C=O) groups is 2. The van der Waals surface area contributed by atoms with Crippen molar-refractivity contribution in [1.82, 2.24) is 9.80 Å². The van der Waals surface area contributed by atoms with Gasteiger partial charge in [-0.05, 0) is 55.5 Å². The zero-order valence-electron chi connectivity index (χ0n) is 18.9. The number of piperidine rings is 1. The third-order valence-electron chi connectivity index (χ3n) is 7.59. The van der Waals surface area contributed by atoms with Gasteiger partial charge in [-0.2, -0.15) is 0 Å². The quantitative estimate of drug-likeness (QED) is 0.489.